The van der Waals surface area contributed by atoms with E-state index in [-0.39, 0.29) is 33.4 Å². The van der Waals surface area contributed by atoms with Crippen LogP contribution >= 0.6 is 11.3 Å². The number of hydrogen-bond donors (Lipinski definition) is 0. The quantitative estimate of drug-likeness (QED) is 0.474. The second-order valence-corrected chi connectivity index (χ2v) is 9.19. The summed E-state index contributed by atoms with van der Waals surface area (Å²) in [7, 11) is -2.83. The normalized spacial score (nSPS) is 11.4. The molecule has 10 heteroatoms. The Morgan fingerprint density at radius 3 is 2.52 bits per heavy atom. The summed E-state index contributed by atoms with van der Waals surface area (Å²) in [6, 6.07) is 7.40. The zero-order valence-corrected chi connectivity index (χ0v) is 18.7. The number of hydrogen-bond acceptors (Lipinski definition) is 6. The van der Waals surface area contributed by atoms with E-state index >= 15 is 0 Å². The lowest BCUT2D eigenvalue weighted by molar-refractivity contribution is 0.0599. The van der Waals surface area contributed by atoms with E-state index in [1.807, 2.05) is 6.92 Å². The van der Waals surface area contributed by atoms with Gasteiger partial charge >= 0.3 is 5.97 Å². The SMILES string of the molecule is CCc1ccc(S(=O)(=O)N(CC)c2csc(-c3ccc(F)cc3F)n2)cc1C(=O)OC. The first-order valence-electron chi connectivity index (χ1n) is 9.37. The van der Waals surface area contributed by atoms with Crippen LogP contribution in [0.1, 0.15) is 29.8 Å². The maximum absolute atomic E-state index is 14.1. The highest BCUT2D eigenvalue weighted by atomic mass is 32.2. The Hall–Kier alpha value is -2.85. The number of aromatic nitrogens is 1. The highest BCUT2D eigenvalue weighted by Crippen LogP contribution is 2.32. The zero-order chi connectivity index (χ0) is 22.8. The number of thiazole rings is 1. The number of sulfonamides is 1. The van der Waals surface area contributed by atoms with Crippen LogP contribution in [0.3, 0.4) is 0 Å². The first kappa shape index (κ1) is 22.8. The van der Waals surface area contributed by atoms with E-state index in [4.69, 9.17) is 4.74 Å². The van der Waals surface area contributed by atoms with Crippen LogP contribution in [0.2, 0.25) is 0 Å². The molecule has 31 heavy (non-hydrogen) atoms. The number of nitrogens with zero attached hydrogens (tertiary/aromatic N) is 2. The molecule has 0 aliphatic rings. The Balaban J connectivity index is 2.03. The zero-order valence-electron chi connectivity index (χ0n) is 17.1. The highest BCUT2D eigenvalue weighted by Gasteiger charge is 2.28. The van der Waals surface area contributed by atoms with E-state index in [0.29, 0.717) is 12.0 Å². The van der Waals surface area contributed by atoms with E-state index in [9.17, 15) is 22.0 Å². The number of benzene rings is 2. The van der Waals surface area contributed by atoms with Gasteiger partial charge in [-0.05, 0) is 43.2 Å². The van der Waals surface area contributed by atoms with Crippen molar-refractivity contribution in [3.05, 3.63) is 64.5 Å². The topological polar surface area (TPSA) is 76.6 Å². The van der Waals surface area contributed by atoms with Crippen LogP contribution in [0.25, 0.3) is 10.6 Å². The van der Waals surface area contributed by atoms with Crippen LogP contribution in [-0.2, 0) is 21.2 Å². The van der Waals surface area contributed by atoms with Crippen LogP contribution in [-0.4, -0.2) is 33.0 Å². The molecule has 0 amide bonds. The molecular formula is C21H20F2N2O4S2. The fourth-order valence-corrected chi connectivity index (χ4v) is 5.42. The number of carbonyl (C=O) groups excluding carboxylic acids is 1. The van der Waals surface area contributed by atoms with Crippen LogP contribution in [0.15, 0.2) is 46.7 Å². The third-order valence-corrected chi connectivity index (χ3v) is 7.39. The molecule has 0 saturated carbocycles. The first-order chi connectivity index (χ1) is 14.7. The average Bonchev–Trinajstić information content (AvgIpc) is 3.22. The van der Waals surface area contributed by atoms with Gasteiger partial charge < -0.3 is 4.74 Å². The number of halogens is 2. The molecule has 6 nitrogen and oxygen atoms in total. The van der Waals surface area contributed by atoms with Crippen molar-refractivity contribution in [2.45, 2.75) is 25.2 Å². The van der Waals surface area contributed by atoms with Gasteiger partial charge in [-0.3, -0.25) is 0 Å². The molecule has 3 rings (SSSR count). The first-order valence-corrected chi connectivity index (χ1v) is 11.7. The Kier molecular flexibility index (Phi) is 6.71. The minimum absolute atomic E-state index is 0.0560. The standard InChI is InChI=1S/C21H20F2N2O4S2/c1-4-13-6-8-15(11-17(13)21(26)29-3)31(27,28)25(5-2)19-12-30-20(24-19)16-9-7-14(22)10-18(16)23/h6-12H,4-5H2,1-3H3. The fourth-order valence-electron chi connectivity index (χ4n) is 3.07. The van der Waals surface area contributed by atoms with E-state index in [1.54, 1.807) is 13.0 Å². The lowest BCUT2D eigenvalue weighted by Gasteiger charge is -2.21. The molecule has 0 spiro atoms. The number of methoxy groups -OCH3 is 1. The summed E-state index contributed by atoms with van der Waals surface area (Å²) in [6.07, 6.45) is 0.529. The highest BCUT2D eigenvalue weighted by molar-refractivity contribution is 7.92. The second kappa shape index (κ2) is 9.11. The van der Waals surface area contributed by atoms with E-state index in [1.165, 1.54) is 30.7 Å². The van der Waals surface area contributed by atoms with Crippen molar-refractivity contribution < 1.29 is 26.7 Å². The third kappa shape index (κ3) is 4.45. The summed E-state index contributed by atoms with van der Waals surface area (Å²) in [6.45, 7) is 3.54. The molecule has 0 aliphatic carbocycles. The van der Waals surface area contributed by atoms with Gasteiger partial charge in [0.15, 0.2) is 5.82 Å². The van der Waals surface area contributed by atoms with Gasteiger partial charge in [-0.15, -0.1) is 11.3 Å². The molecule has 0 aliphatic heterocycles. The molecule has 0 atom stereocenters. The van der Waals surface area contributed by atoms with Gasteiger partial charge in [0.1, 0.15) is 16.6 Å². The summed E-state index contributed by atoms with van der Waals surface area (Å²) in [5.41, 5.74) is 0.914. The molecule has 2 aromatic carbocycles. The van der Waals surface area contributed by atoms with Crippen molar-refractivity contribution in [1.82, 2.24) is 4.98 Å². The molecular weight excluding hydrogens is 446 g/mol. The van der Waals surface area contributed by atoms with Crippen molar-refractivity contribution >= 4 is 33.1 Å². The molecule has 0 bridgehead atoms. The van der Waals surface area contributed by atoms with Crippen molar-refractivity contribution in [1.29, 1.82) is 0 Å². The number of rotatable bonds is 7. The molecule has 1 aromatic heterocycles. The van der Waals surface area contributed by atoms with E-state index < -0.39 is 27.6 Å². The average molecular weight is 467 g/mol. The molecule has 0 N–H and O–H groups in total. The molecule has 164 valence electrons. The molecule has 3 aromatic rings. The minimum Gasteiger partial charge on any atom is -0.465 e. The summed E-state index contributed by atoms with van der Waals surface area (Å²) in [5, 5.41) is 1.71. The van der Waals surface area contributed by atoms with Gasteiger partial charge in [0.05, 0.1) is 17.6 Å². The third-order valence-electron chi connectivity index (χ3n) is 4.65. The maximum atomic E-state index is 14.1. The van der Waals surface area contributed by atoms with Gasteiger partial charge in [0, 0.05) is 23.6 Å². The van der Waals surface area contributed by atoms with Gasteiger partial charge in [-0.1, -0.05) is 13.0 Å². The van der Waals surface area contributed by atoms with Crippen molar-refractivity contribution in [3.63, 3.8) is 0 Å². The minimum atomic E-state index is -4.06. The maximum Gasteiger partial charge on any atom is 0.338 e. The largest absolute Gasteiger partial charge is 0.465 e. The Bertz CT molecular complexity index is 1230. The Morgan fingerprint density at radius 1 is 1.16 bits per heavy atom. The van der Waals surface area contributed by atoms with Crippen molar-refractivity contribution in [2.24, 2.45) is 0 Å². The Morgan fingerprint density at radius 2 is 1.90 bits per heavy atom. The fraction of sp³-hybridized carbons (Fsp3) is 0.238. The van der Waals surface area contributed by atoms with Crippen molar-refractivity contribution in [2.75, 3.05) is 18.0 Å². The number of esters is 1. The molecule has 0 radical (unpaired) electrons. The summed E-state index contributed by atoms with van der Waals surface area (Å²) < 4.78 is 59.7. The van der Waals surface area contributed by atoms with Crippen LogP contribution < -0.4 is 4.31 Å². The molecule has 0 fully saturated rings. The number of carbonyl (C=O) groups is 1. The monoisotopic (exact) mass is 466 g/mol. The Labute approximate surface area is 183 Å². The summed E-state index contributed by atoms with van der Waals surface area (Å²) >= 11 is 1.04. The number of aryl methyl sites for hydroxylation is 1. The van der Waals surface area contributed by atoms with Gasteiger partial charge in [-0.2, -0.15) is 0 Å². The van der Waals surface area contributed by atoms with Gasteiger partial charge in [0.25, 0.3) is 10.0 Å². The van der Waals surface area contributed by atoms with Crippen LogP contribution in [0.5, 0.6) is 0 Å². The van der Waals surface area contributed by atoms with Gasteiger partial charge in [-0.25, -0.2) is 31.3 Å². The van der Waals surface area contributed by atoms with E-state index in [0.717, 1.165) is 27.8 Å². The smallest absolute Gasteiger partial charge is 0.338 e. The molecule has 0 unspecified atom stereocenters. The lowest BCUT2D eigenvalue weighted by Crippen LogP contribution is -2.31. The summed E-state index contributed by atoms with van der Waals surface area (Å²) in [4.78, 5) is 16.3. The van der Waals surface area contributed by atoms with Gasteiger partial charge in [0.2, 0.25) is 0 Å². The predicted molar refractivity (Wildman–Crippen MR) is 115 cm³/mol. The van der Waals surface area contributed by atoms with E-state index in [2.05, 4.69) is 4.98 Å². The van der Waals surface area contributed by atoms with Crippen LogP contribution in [0, 0.1) is 11.6 Å². The number of anilines is 1. The predicted octanol–water partition coefficient (Wildman–Crippen LogP) is 4.65. The number of ether oxygens (including phenoxy) is 1. The van der Waals surface area contributed by atoms with Crippen molar-refractivity contribution in [3.8, 4) is 10.6 Å². The summed E-state index contributed by atoms with van der Waals surface area (Å²) in [5.74, 6) is -2.03. The molecule has 1 heterocycles. The lowest BCUT2D eigenvalue weighted by atomic mass is 10.1. The van der Waals surface area contributed by atoms with Crippen LogP contribution in [0.4, 0.5) is 14.6 Å². The molecule has 0 saturated heterocycles. The second-order valence-electron chi connectivity index (χ2n) is 6.47.